The Morgan fingerprint density at radius 2 is 1.75 bits per heavy atom. The van der Waals surface area contributed by atoms with Crippen LogP contribution in [0, 0.1) is 0 Å². The first-order valence-corrected chi connectivity index (χ1v) is 10.3. The molecule has 1 atom stereocenters. The van der Waals surface area contributed by atoms with Gasteiger partial charge in [-0.3, -0.25) is 4.79 Å². The van der Waals surface area contributed by atoms with Gasteiger partial charge in [-0.15, -0.1) is 0 Å². The lowest BCUT2D eigenvalue weighted by molar-refractivity contribution is -0.127. The van der Waals surface area contributed by atoms with E-state index in [1.807, 2.05) is 24.3 Å². The van der Waals surface area contributed by atoms with Gasteiger partial charge >= 0.3 is 0 Å². The first-order chi connectivity index (χ1) is 15.2. The Morgan fingerprint density at radius 3 is 2.38 bits per heavy atom. The van der Waals surface area contributed by atoms with Gasteiger partial charge in [0.1, 0.15) is 17.2 Å². The standard InChI is InChI=1S/C24H29N3O5/c1-15(31-17-9-7-16(8-10-17)24(2,3)4)23(28)25-14-21-26-22(27-32-21)19-12-11-18(29-5)13-20(19)30-6/h7-13,15H,14H2,1-6H3,(H,25,28). The van der Waals surface area contributed by atoms with E-state index in [9.17, 15) is 4.79 Å². The van der Waals surface area contributed by atoms with Crippen molar-refractivity contribution in [3.05, 3.63) is 53.9 Å². The van der Waals surface area contributed by atoms with Gasteiger partial charge in [-0.05, 0) is 42.2 Å². The summed E-state index contributed by atoms with van der Waals surface area (Å²) in [7, 11) is 3.13. The van der Waals surface area contributed by atoms with E-state index in [0.717, 1.165) is 0 Å². The van der Waals surface area contributed by atoms with Gasteiger partial charge < -0.3 is 24.1 Å². The number of carbonyl (C=O) groups is 1. The van der Waals surface area contributed by atoms with Crippen LogP contribution < -0.4 is 19.5 Å². The van der Waals surface area contributed by atoms with Crippen LogP contribution in [0.4, 0.5) is 0 Å². The van der Waals surface area contributed by atoms with Gasteiger partial charge in [0, 0.05) is 6.07 Å². The molecule has 3 rings (SSSR count). The highest BCUT2D eigenvalue weighted by molar-refractivity contribution is 5.80. The largest absolute Gasteiger partial charge is 0.497 e. The number of nitrogens with one attached hydrogen (secondary N) is 1. The quantitative estimate of drug-likeness (QED) is 0.564. The topological polar surface area (TPSA) is 95.7 Å². The number of hydrogen-bond acceptors (Lipinski definition) is 7. The Labute approximate surface area is 187 Å². The fourth-order valence-corrected chi connectivity index (χ4v) is 3.02. The maximum absolute atomic E-state index is 12.4. The third kappa shape index (κ3) is 5.57. The molecule has 1 N–H and O–H groups in total. The molecule has 0 spiro atoms. The maximum atomic E-state index is 12.4. The molecule has 8 nitrogen and oxygen atoms in total. The molecule has 3 aromatic rings. The highest BCUT2D eigenvalue weighted by Crippen LogP contribution is 2.31. The molecule has 0 aliphatic rings. The first kappa shape index (κ1) is 23.1. The molecule has 170 valence electrons. The molecular weight excluding hydrogens is 410 g/mol. The lowest BCUT2D eigenvalue weighted by Gasteiger charge is -2.20. The van der Waals surface area contributed by atoms with Crippen LogP contribution in [0.15, 0.2) is 47.0 Å². The summed E-state index contributed by atoms with van der Waals surface area (Å²) in [5, 5.41) is 6.73. The van der Waals surface area contributed by atoms with Crippen molar-refractivity contribution in [3.63, 3.8) is 0 Å². The average Bonchev–Trinajstić information content (AvgIpc) is 3.25. The Kier molecular flexibility index (Phi) is 7.02. The lowest BCUT2D eigenvalue weighted by atomic mass is 9.87. The predicted octanol–water partition coefficient (Wildman–Crippen LogP) is 4.14. The number of nitrogens with zero attached hydrogens (tertiary/aromatic N) is 2. The minimum absolute atomic E-state index is 0.0558. The summed E-state index contributed by atoms with van der Waals surface area (Å²) in [5.41, 5.74) is 1.91. The van der Waals surface area contributed by atoms with E-state index >= 15 is 0 Å². The van der Waals surface area contributed by atoms with Gasteiger partial charge in [0.25, 0.3) is 5.91 Å². The summed E-state index contributed by atoms with van der Waals surface area (Å²) in [4.78, 5) is 16.8. The summed E-state index contributed by atoms with van der Waals surface area (Å²) >= 11 is 0. The Bertz CT molecular complexity index is 1050. The van der Waals surface area contributed by atoms with Gasteiger partial charge in [0.2, 0.25) is 11.7 Å². The molecule has 1 heterocycles. The van der Waals surface area contributed by atoms with Crippen molar-refractivity contribution in [2.45, 2.75) is 45.8 Å². The van der Waals surface area contributed by atoms with Gasteiger partial charge in [-0.2, -0.15) is 4.98 Å². The molecule has 0 saturated heterocycles. The van der Waals surface area contributed by atoms with Gasteiger partial charge in [0.15, 0.2) is 6.10 Å². The van der Waals surface area contributed by atoms with Gasteiger partial charge in [0.05, 0.1) is 26.3 Å². The molecular formula is C24H29N3O5. The van der Waals surface area contributed by atoms with Crippen molar-refractivity contribution < 1.29 is 23.5 Å². The molecule has 1 unspecified atom stereocenters. The zero-order valence-corrected chi connectivity index (χ0v) is 19.3. The molecule has 0 radical (unpaired) electrons. The number of hydrogen-bond donors (Lipinski definition) is 1. The number of methoxy groups -OCH3 is 2. The van der Waals surface area contributed by atoms with Crippen molar-refractivity contribution >= 4 is 5.91 Å². The van der Waals surface area contributed by atoms with E-state index in [4.69, 9.17) is 18.7 Å². The summed E-state index contributed by atoms with van der Waals surface area (Å²) in [5.74, 6) is 2.19. The van der Waals surface area contributed by atoms with E-state index < -0.39 is 6.10 Å². The SMILES string of the molecule is COc1ccc(-c2noc(CNC(=O)C(C)Oc3ccc(C(C)(C)C)cc3)n2)c(OC)c1. The highest BCUT2D eigenvalue weighted by Gasteiger charge is 2.19. The molecule has 32 heavy (non-hydrogen) atoms. The van der Waals surface area contributed by atoms with Crippen LogP contribution in [0.5, 0.6) is 17.2 Å². The van der Waals surface area contributed by atoms with Crippen molar-refractivity contribution in [1.29, 1.82) is 0 Å². The zero-order chi connectivity index (χ0) is 23.3. The van der Waals surface area contributed by atoms with Gasteiger partial charge in [-0.25, -0.2) is 0 Å². The molecule has 0 bridgehead atoms. The Balaban J connectivity index is 1.58. The molecule has 8 heteroatoms. The Morgan fingerprint density at radius 1 is 1.06 bits per heavy atom. The smallest absolute Gasteiger partial charge is 0.261 e. The number of rotatable bonds is 8. The summed E-state index contributed by atoms with van der Waals surface area (Å²) in [6.45, 7) is 8.21. The number of ether oxygens (including phenoxy) is 3. The van der Waals surface area contributed by atoms with Crippen LogP contribution in [0.25, 0.3) is 11.4 Å². The van der Waals surface area contributed by atoms with Crippen LogP contribution >= 0.6 is 0 Å². The number of carbonyl (C=O) groups excluding carboxylic acids is 1. The van der Waals surface area contributed by atoms with Crippen molar-refractivity contribution in [1.82, 2.24) is 15.5 Å². The third-order valence-electron chi connectivity index (χ3n) is 4.93. The summed E-state index contributed by atoms with van der Waals surface area (Å²) in [6, 6.07) is 13.1. The first-order valence-electron chi connectivity index (χ1n) is 10.3. The third-order valence-corrected chi connectivity index (χ3v) is 4.93. The second kappa shape index (κ2) is 9.72. The van der Waals surface area contributed by atoms with Crippen LogP contribution in [0.3, 0.4) is 0 Å². The summed E-state index contributed by atoms with van der Waals surface area (Å²) in [6.07, 6.45) is -0.681. The van der Waals surface area contributed by atoms with Crippen LogP contribution in [0.2, 0.25) is 0 Å². The van der Waals surface area contributed by atoms with Crippen molar-refractivity contribution in [2.75, 3.05) is 14.2 Å². The average molecular weight is 440 g/mol. The molecule has 0 fully saturated rings. The van der Waals surface area contributed by atoms with Crippen LogP contribution in [0.1, 0.15) is 39.1 Å². The zero-order valence-electron chi connectivity index (χ0n) is 19.3. The minimum atomic E-state index is -0.681. The minimum Gasteiger partial charge on any atom is -0.497 e. The molecule has 0 aliphatic carbocycles. The lowest BCUT2D eigenvalue weighted by Crippen LogP contribution is -2.36. The number of aromatic nitrogens is 2. The number of amides is 1. The van der Waals surface area contributed by atoms with Gasteiger partial charge in [-0.1, -0.05) is 38.1 Å². The second-order valence-electron chi connectivity index (χ2n) is 8.33. The van der Waals surface area contributed by atoms with E-state index in [1.54, 1.807) is 39.3 Å². The van der Waals surface area contributed by atoms with E-state index in [2.05, 4.69) is 36.2 Å². The Hall–Kier alpha value is -3.55. The van der Waals surface area contributed by atoms with Crippen LogP contribution in [-0.4, -0.2) is 36.4 Å². The molecule has 2 aromatic carbocycles. The fourth-order valence-electron chi connectivity index (χ4n) is 3.02. The van der Waals surface area contributed by atoms with Crippen molar-refractivity contribution in [3.8, 4) is 28.6 Å². The van der Waals surface area contributed by atoms with E-state index in [1.165, 1.54) is 5.56 Å². The fraction of sp³-hybridized carbons (Fsp3) is 0.375. The molecule has 1 aromatic heterocycles. The second-order valence-corrected chi connectivity index (χ2v) is 8.33. The highest BCUT2D eigenvalue weighted by atomic mass is 16.5. The van der Waals surface area contributed by atoms with Crippen LogP contribution in [-0.2, 0) is 16.8 Å². The maximum Gasteiger partial charge on any atom is 0.261 e. The molecule has 0 aliphatic heterocycles. The molecule has 1 amide bonds. The predicted molar refractivity (Wildman–Crippen MR) is 120 cm³/mol. The summed E-state index contributed by atoms with van der Waals surface area (Å²) < 4.78 is 21.6. The number of benzene rings is 2. The normalized spacial score (nSPS) is 12.2. The van der Waals surface area contributed by atoms with E-state index in [0.29, 0.717) is 28.6 Å². The molecule has 0 saturated carbocycles. The van der Waals surface area contributed by atoms with Crippen molar-refractivity contribution in [2.24, 2.45) is 0 Å². The van der Waals surface area contributed by atoms with E-state index in [-0.39, 0.29) is 23.8 Å². The monoisotopic (exact) mass is 439 g/mol.